The zero-order chi connectivity index (χ0) is 14.5. The maximum absolute atomic E-state index is 5.82. The summed E-state index contributed by atoms with van der Waals surface area (Å²) in [5, 5.41) is 3.37. The van der Waals surface area contributed by atoms with Crippen LogP contribution in [0, 0.1) is 6.92 Å². The van der Waals surface area contributed by atoms with Crippen molar-refractivity contribution in [2.75, 3.05) is 0 Å². The van der Waals surface area contributed by atoms with Gasteiger partial charge in [0.25, 0.3) is 0 Å². The molecule has 0 saturated carbocycles. The van der Waals surface area contributed by atoms with E-state index in [1.807, 2.05) is 25.1 Å². The number of aryl methyl sites for hydroxylation is 1. The number of halogens is 1. The average molecular weight is 336 g/mol. The Balaban J connectivity index is 2.19. The van der Waals surface area contributed by atoms with Crippen molar-refractivity contribution in [1.29, 1.82) is 0 Å². The van der Waals surface area contributed by atoms with E-state index in [1.165, 1.54) is 0 Å². The van der Waals surface area contributed by atoms with Crippen LogP contribution in [0.15, 0.2) is 35.1 Å². The van der Waals surface area contributed by atoms with Gasteiger partial charge in [-0.15, -0.1) is 0 Å². The highest BCUT2D eigenvalue weighted by molar-refractivity contribution is 9.10. The number of hydrogen-bond acceptors (Lipinski definition) is 4. The lowest BCUT2D eigenvalue weighted by Crippen LogP contribution is -2.22. The van der Waals surface area contributed by atoms with Crippen molar-refractivity contribution in [2.45, 2.75) is 33.4 Å². The van der Waals surface area contributed by atoms with Gasteiger partial charge in [-0.05, 0) is 41.1 Å². The molecular weight excluding hydrogens is 318 g/mol. The first-order chi connectivity index (χ1) is 9.54. The van der Waals surface area contributed by atoms with Crippen molar-refractivity contribution in [1.82, 2.24) is 15.3 Å². The van der Waals surface area contributed by atoms with Crippen LogP contribution in [0.25, 0.3) is 0 Å². The number of rotatable bonds is 5. The molecule has 0 unspecified atom stereocenters. The van der Waals surface area contributed by atoms with Crippen molar-refractivity contribution < 1.29 is 4.74 Å². The third-order valence-corrected chi connectivity index (χ3v) is 3.13. The molecular formula is C15H18BrN3O. The third-order valence-electron chi connectivity index (χ3n) is 2.69. The molecule has 2 heterocycles. The molecule has 0 bridgehead atoms. The van der Waals surface area contributed by atoms with Gasteiger partial charge in [-0.2, -0.15) is 0 Å². The lowest BCUT2D eigenvalue weighted by molar-refractivity contribution is 0.448. The van der Waals surface area contributed by atoms with E-state index in [1.54, 1.807) is 12.4 Å². The molecule has 20 heavy (non-hydrogen) atoms. The quantitative estimate of drug-likeness (QED) is 0.901. The summed E-state index contributed by atoms with van der Waals surface area (Å²) < 4.78 is 6.75. The molecule has 0 fully saturated rings. The minimum Gasteiger partial charge on any atom is -0.437 e. The Morgan fingerprint density at radius 3 is 2.70 bits per heavy atom. The number of pyridine rings is 2. The first-order valence-corrected chi connectivity index (χ1v) is 7.32. The Morgan fingerprint density at radius 1 is 1.25 bits per heavy atom. The van der Waals surface area contributed by atoms with Crippen LogP contribution in [-0.2, 0) is 6.54 Å². The number of hydrogen-bond donors (Lipinski definition) is 1. The highest BCUT2D eigenvalue weighted by atomic mass is 79.9. The smallest absolute Gasteiger partial charge is 0.223 e. The fourth-order valence-electron chi connectivity index (χ4n) is 1.63. The Bertz CT molecular complexity index is 570. The minimum atomic E-state index is 0.405. The molecule has 2 rings (SSSR count). The molecule has 0 aliphatic carbocycles. The van der Waals surface area contributed by atoms with Crippen LogP contribution in [0.2, 0.25) is 0 Å². The van der Waals surface area contributed by atoms with Gasteiger partial charge in [-0.3, -0.25) is 4.98 Å². The van der Waals surface area contributed by atoms with Gasteiger partial charge in [0.1, 0.15) is 5.75 Å². The van der Waals surface area contributed by atoms with Gasteiger partial charge in [0, 0.05) is 34.5 Å². The first-order valence-electron chi connectivity index (χ1n) is 6.53. The van der Waals surface area contributed by atoms with E-state index in [0.29, 0.717) is 24.2 Å². The Morgan fingerprint density at radius 2 is 2.05 bits per heavy atom. The van der Waals surface area contributed by atoms with Crippen molar-refractivity contribution in [3.8, 4) is 11.6 Å². The lowest BCUT2D eigenvalue weighted by Gasteiger charge is -2.13. The summed E-state index contributed by atoms with van der Waals surface area (Å²) in [5.41, 5.74) is 1.97. The Labute approximate surface area is 127 Å². The number of aromatic nitrogens is 2. The van der Waals surface area contributed by atoms with Crippen LogP contribution in [-0.4, -0.2) is 16.0 Å². The molecule has 106 valence electrons. The van der Waals surface area contributed by atoms with E-state index in [0.717, 1.165) is 15.7 Å². The zero-order valence-electron chi connectivity index (χ0n) is 11.9. The van der Waals surface area contributed by atoms with Crippen LogP contribution < -0.4 is 10.1 Å². The summed E-state index contributed by atoms with van der Waals surface area (Å²) in [6, 6.07) is 6.23. The molecule has 0 radical (unpaired) electrons. The molecule has 0 aromatic carbocycles. The molecule has 4 nitrogen and oxygen atoms in total. The summed E-state index contributed by atoms with van der Waals surface area (Å²) in [4.78, 5) is 8.56. The Hall–Kier alpha value is -1.46. The summed E-state index contributed by atoms with van der Waals surface area (Å²) >= 11 is 3.44. The van der Waals surface area contributed by atoms with Gasteiger partial charge in [-0.25, -0.2) is 4.98 Å². The maximum Gasteiger partial charge on any atom is 0.223 e. The van der Waals surface area contributed by atoms with Crippen molar-refractivity contribution in [2.24, 2.45) is 0 Å². The van der Waals surface area contributed by atoms with Gasteiger partial charge in [0.05, 0.1) is 6.20 Å². The molecule has 2 aromatic rings. The van der Waals surface area contributed by atoms with Crippen molar-refractivity contribution in [3.63, 3.8) is 0 Å². The predicted octanol–water partition coefficient (Wildman–Crippen LogP) is 3.84. The summed E-state index contributed by atoms with van der Waals surface area (Å²) in [6.45, 7) is 6.87. The third kappa shape index (κ3) is 4.28. The molecule has 0 atom stereocenters. The zero-order valence-corrected chi connectivity index (χ0v) is 13.4. The van der Waals surface area contributed by atoms with E-state index in [9.17, 15) is 0 Å². The second-order valence-corrected chi connectivity index (χ2v) is 5.81. The van der Waals surface area contributed by atoms with E-state index in [2.05, 4.69) is 45.1 Å². The SMILES string of the molecule is Cc1ccc(Oc2ncc(Br)cc2CNC(C)C)cn1. The molecule has 0 spiro atoms. The van der Waals surface area contributed by atoms with Crippen LogP contribution in [0.3, 0.4) is 0 Å². The first kappa shape index (κ1) is 14.9. The number of nitrogens with one attached hydrogen (secondary N) is 1. The highest BCUT2D eigenvalue weighted by Gasteiger charge is 2.08. The standard InChI is InChI=1S/C15H18BrN3O/c1-10(2)17-7-12-6-13(16)8-19-15(12)20-14-5-4-11(3)18-9-14/h4-6,8-10,17H,7H2,1-3H3. The van der Waals surface area contributed by atoms with Crippen LogP contribution in [0.1, 0.15) is 25.1 Å². The fraction of sp³-hybridized carbons (Fsp3) is 0.333. The van der Waals surface area contributed by atoms with E-state index >= 15 is 0 Å². The van der Waals surface area contributed by atoms with E-state index in [-0.39, 0.29) is 0 Å². The second kappa shape index (κ2) is 6.81. The monoisotopic (exact) mass is 335 g/mol. The summed E-state index contributed by atoms with van der Waals surface area (Å²) in [6.07, 6.45) is 3.44. The highest BCUT2D eigenvalue weighted by Crippen LogP contribution is 2.25. The van der Waals surface area contributed by atoms with E-state index < -0.39 is 0 Å². The molecule has 2 aromatic heterocycles. The molecule has 0 aliphatic rings. The van der Waals surface area contributed by atoms with Crippen molar-refractivity contribution >= 4 is 15.9 Å². The molecule has 0 amide bonds. The second-order valence-electron chi connectivity index (χ2n) is 4.89. The van der Waals surface area contributed by atoms with Crippen molar-refractivity contribution in [3.05, 3.63) is 46.3 Å². The lowest BCUT2D eigenvalue weighted by atomic mass is 10.2. The predicted molar refractivity (Wildman–Crippen MR) is 83.0 cm³/mol. The van der Waals surface area contributed by atoms with Gasteiger partial charge in [-0.1, -0.05) is 13.8 Å². The van der Waals surface area contributed by atoms with Gasteiger partial charge in [0.2, 0.25) is 5.88 Å². The normalized spacial score (nSPS) is 10.8. The Kier molecular flexibility index (Phi) is 5.09. The summed E-state index contributed by atoms with van der Waals surface area (Å²) in [7, 11) is 0. The van der Waals surface area contributed by atoms with Gasteiger partial charge >= 0.3 is 0 Å². The maximum atomic E-state index is 5.82. The topological polar surface area (TPSA) is 47.0 Å². The van der Waals surface area contributed by atoms with Crippen LogP contribution in [0.4, 0.5) is 0 Å². The summed E-state index contributed by atoms with van der Waals surface area (Å²) in [5.74, 6) is 1.29. The largest absolute Gasteiger partial charge is 0.437 e. The minimum absolute atomic E-state index is 0.405. The molecule has 0 saturated heterocycles. The molecule has 5 heteroatoms. The number of nitrogens with zero attached hydrogens (tertiary/aromatic N) is 2. The van der Waals surface area contributed by atoms with Crippen LogP contribution >= 0.6 is 15.9 Å². The average Bonchev–Trinajstić information content (AvgIpc) is 2.41. The molecule has 0 aliphatic heterocycles. The molecule has 1 N–H and O–H groups in total. The van der Waals surface area contributed by atoms with Crippen LogP contribution in [0.5, 0.6) is 11.6 Å². The van der Waals surface area contributed by atoms with E-state index in [4.69, 9.17) is 4.74 Å². The van der Waals surface area contributed by atoms with Gasteiger partial charge < -0.3 is 10.1 Å². The van der Waals surface area contributed by atoms with Gasteiger partial charge in [0.15, 0.2) is 0 Å². The fourth-order valence-corrected chi connectivity index (χ4v) is 2.01. The number of ether oxygens (including phenoxy) is 1.